The highest BCUT2D eigenvalue weighted by Crippen LogP contribution is 2.21. The number of phenols is 1. The fourth-order valence-electron chi connectivity index (χ4n) is 2.34. The van der Waals surface area contributed by atoms with Crippen LogP contribution in [0.15, 0.2) is 36.4 Å². The third-order valence-corrected chi connectivity index (χ3v) is 3.66. The normalized spacial score (nSPS) is 11.2. The molecule has 0 fully saturated rings. The summed E-state index contributed by atoms with van der Waals surface area (Å²) in [6.07, 6.45) is -1.63. The minimum atomic E-state index is -1.63. The SMILES string of the molecule is CC(OC(=O)c1cc(O)ccc1C(=O)O)OC(=O)c1cc([N+](=O)[O-])ccc1C(=O)O. The number of carbonyl (C=O) groups is 4. The summed E-state index contributed by atoms with van der Waals surface area (Å²) < 4.78 is 9.62. The second-order valence-corrected chi connectivity index (χ2v) is 5.71. The van der Waals surface area contributed by atoms with E-state index in [0.29, 0.717) is 6.07 Å². The van der Waals surface area contributed by atoms with Gasteiger partial charge in [0.25, 0.3) is 5.69 Å². The van der Waals surface area contributed by atoms with E-state index in [1.807, 2.05) is 0 Å². The number of carbonyl (C=O) groups excluding carboxylic acids is 2. The first-order chi connectivity index (χ1) is 14.0. The average molecular weight is 419 g/mol. The predicted octanol–water partition coefficient (Wildman–Crippen LogP) is 2.06. The van der Waals surface area contributed by atoms with E-state index in [4.69, 9.17) is 19.7 Å². The van der Waals surface area contributed by atoms with Crippen molar-refractivity contribution in [1.29, 1.82) is 0 Å². The molecule has 0 amide bonds. The Morgan fingerprint density at radius 1 is 0.867 bits per heavy atom. The van der Waals surface area contributed by atoms with Crippen LogP contribution in [-0.2, 0) is 9.47 Å². The van der Waals surface area contributed by atoms with Crippen molar-refractivity contribution in [2.45, 2.75) is 13.2 Å². The first-order valence-corrected chi connectivity index (χ1v) is 8.01. The fourth-order valence-corrected chi connectivity index (χ4v) is 2.34. The first kappa shape index (κ1) is 21.8. The largest absolute Gasteiger partial charge is 0.508 e. The molecule has 1 atom stereocenters. The van der Waals surface area contributed by atoms with E-state index in [-0.39, 0.29) is 0 Å². The van der Waals surface area contributed by atoms with Gasteiger partial charge in [0, 0.05) is 19.1 Å². The molecule has 0 aliphatic carbocycles. The summed E-state index contributed by atoms with van der Waals surface area (Å²) in [7, 11) is 0. The molecule has 0 aliphatic rings. The minimum Gasteiger partial charge on any atom is -0.508 e. The maximum Gasteiger partial charge on any atom is 0.342 e. The lowest BCUT2D eigenvalue weighted by Gasteiger charge is -2.15. The summed E-state index contributed by atoms with van der Waals surface area (Å²) in [5, 5.41) is 38.6. The zero-order chi connectivity index (χ0) is 22.6. The Bertz CT molecular complexity index is 1060. The lowest BCUT2D eigenvalue weighted by atomic mass is 10.1. The van der Waals surface area contributed by atoms with Crippen molar-refractivity contribution >= 4 is 29.6 Å². The van der Waals surface area contributed by atoms with E-state index in [2.05, 4.69) is 0 Å². The molecule has 2 aromatic rings. The summed E-state index contributed by atoms with van der Waals surface area (Å²) in [4.78, 5) is 56.9. The molecule has 3 N–H and O–H groups in total. The number of carboxylic acids is 2. The highest BCUT2D eigenvalue weighted by Gasteiger charge is 2.26. The van der Waals surface area contributed by atoms with E-state index >= 15 is 0 Å². The number of aromatic hydroxyl groups is 1. The van der Waals surface area contributed by atoms with Crippen LogP contribution in [0.5, 0.6) is 5.75 Å². The molecule has 156 valence electrons. The van der Waals surface area contributed by atoms with Crippen LogP contribution >= 0.6 is 0 Å². The molecule has 30 heavy (non-hydrogen) atoms. The number of nitro benzene ring substituents is 1. The van der Waals surface area contributed by atoms with Crippen molar-refractivity contribution in [2.24, 2.45) is 0 Å². The van der Waals surface area contributed by atoms with Gasteiger partial charge in [-0.1, -0.05) is 0 Å². The van der Waals surface area contributed by atoms with Gasteiger partial charge in [-0.15, -0.1) is 0 Å². The molecule has 0 saturated carbocycles. The summed E-state index contributed by atoms with van der Waals surface area (Å²) >= 11 is 0. The highest BCUT2D eigenvalue weighted by atomic mass is 16.7. The van der Waals surface area contributed by atoms with E-state index in [1.54, 1.807) is 0 Å². The molecular formula is C18H13NO11. The van der Waals surface area contributed by atoms with E-state index in [9.17, 15) is 34.4 Å². The molecular weight excluding hydrogens is 406 g/mol. The highest BCUT2D eigenvalue weighted by molar-refractivity contribution is 6.04. The summed E-state index contributed by atoms with van der Waals surface area (Å²) in [6, 6.07) is 5.27. The van der Waals surface area contributed by atoms with Crippen LogP contribution in [0.25, 0.3) is 0 Å². The topological polar surface area (TPSA) is 191 Å². The monoisotopic (exact) mass is 419 g/mol. The summed E-state index contributed by atoms with van der Waals surface area (Å²) in [5.74, 6) is -6.02. The van der Waals surface area contributed by atoms with Gasteiger partial charge in [-0.25, -0.2) is 19.2 Å². The number of nitrogens with zero attached hydrogens (tertiary/aromatic N) is 1. The van der Waals surface area contributed by atoms with Gasteiger partial charge in [0.15, 0.2) is 0 Å². The molecule has 0 spiro atoms. The lowest BCUT2D eigenvalue weighted by Crippen LogP contribution is -2.24. The van der Waals surface area contributed by atoms with Gasteiger partial charge in [-0.3, -0.25) is 10.1 Å². The van der Waals surface area contributed by atoms with E-state index in [1.165, 1.54) is 0 Å². The van der Waals surface area contributed by atoms with Crippen LogP contribution in [-0.4, -0.2) is 50.4 Å². The van der Waals surface area contributed by atoms with Crippen LogP contribution in [0.1, 0.15) is 48.4 Å². The zero-order valence-electron chi connectivity index (χ0n) is 15.1. The smallest absolute Gasteiger partial charge is 0.342 e. The molecule has 0 aliphatic heterocycles. The van der Waals surface area contributed by atoms with Crippen molar-refractivity contribution in [3.63, 3.8) is 0 Å². The van der Waals surface area contributed by atoms with Crippen molar-refractivity contribution in [3.05, 3.63) is 68.8 Å². The van der Waals surface area contributed by atoms with Gasteiger partial charge in [0.05, 0.1) is 27.2 Å². The Morgan fingerprint density at radius 2 is 1.33 bits per heavy atom. The molecule has 2 aromatic carbocycles. The zero-order valence-corrected chi connectivity index (χ0v) is 15.1. The number of esters is 2. The van der Waals surface area contributed by atoms with Gasteiger partial charge < -0.3 is 24.8 Å². The van der Waals surface area contributed by atoms with Crippen LogP contribution in [0.4, 0.5) is 5.69 Å². The van der Waals surface area contributed by atoms with Crippen molar-refractivity contribution in [3.8, 4) is 5.75 Å². The second-order valence-electron chi connectivity index (χ2n) is 5.71. The molecule has 12 heteroatoms. The maximum atomic E-state index is 12.3. The van der Waals surface area contributed by atoms with E-state index < -0.39 is 68.8 Å². The molecule has 1 unspecified atom stereocenters. The Balaban J connectivity index is 2.23. The summed E-state index contributed by atoms with van der Waals surface area (Å²) in [6.45, 7) is 1.08. The number of ether oxygens (including phenoxy) is 2. The Kier molecular flexibility index (Phi) is 6.32. The molecule has 0 bridgehead atoms. The number of carboxylic acid groups (broad SMARTS) is 2. The van der Waals surface area contributed by atoms with Crippen LogP contribution in [0.3, 0.4) is 0 Å². The number of non-ortho nitro benzene ring substituents is 1. The molecule has 0 saturated heterocycles. The first-order valence-electron chi connectivity index (χ1n) is 8.01. The number of nitro groups is 1. The number of hydrogen-bond acceptors (Lipinski definition) is 9. The van der Waals surface area contributed by atoms with Crippen molar-refractivity contribution in [2.75, 3.05) is 0 Å². The Morgan fingerprint density at radius 3 is 1.80 bits per heavy atom. The molecule has 2 rings (SSSR count). The van der Waals surface area contributed by atoms with Gasteiger partial charge in [0.1, 0.15) is 5.75 Å². The fraction of sp³-hybridized carbons (Fsp3) is 0.111. The Labute approximate surface area is 167 Å². The van der Waals surface area contributed by atoms with E-state index in [0.717, 1.165) is 37.3 Å². The number of aromatic carboxylic acids is 2. The second kappa shape index (κ2) is 8.68. The maximum absolute atomic E-state index is 12.3. The molecule has 0 radical (unpaired) electrons. The molecule has 12 nitrogen and oxygen atoms in total. The van der Waals surface area contributed by atoms with Crippen LogP contribution in [0.2, 0.25) is 0 Å². The van der Waals surface area contributed by atoms with Crippen molar-refractivity contribution in [1.82, 2.24) is 0 Å². The Hall–Kier alpha value is -4.48. The van der Waals surface area contributed by atoms with Crippen LogP contribution < -0.4 is 0 Å². The quantitative estimate of drug-likeness (QED) is 0.257. The lowest BCUT2D eigenvalue weighted by molar-refractivity contribution is -0.384. The number of phenolic OH excluding ortho intramolecular Hbond substituents is 1. The standard InChI is InChI=1S/C18H13NO11/c1-8(30-18(26)14-7-10(20)3-5-12(14)16(23)24)29-17(25)13-6-9(19(27)28)2-4-11(13)15(21)22/h2-8,20H,1H3,(H,21,22)(H,23,24). The molecule has 0 heterocycles. The number of benzene rings is 2. The minimum absolute atomic E-state index is 0.417. The predicted molar refractivity (Wildman–Crippen MR) is 95.4 cm³/mol. The van der Waals surface area contributed by atoms with Gasteiger partial charge in [0.2, 0.25) is 6.29 Å². The third-order valence-electron chi connectivity index (χ3n) is 3.66. The number of rotatable bonds is 7. The van der Waals surface area contributed by atoms with Gasteiger partial charge in [-0.2, -0.15) is 0 Å². The van der Waals surface area contributed by atoms with Gasteiger partial charge in [-0.05, 0) is 24.3 Å². The number of hydrogen-bond donors (Lipinski definition) is 3. The van der Waals surface area contributed by atoms with Gasteiger partial charge >= 0.3 is 23.9 Å². The average Bonchev–Trinajstić information content (AvgIpc) is 2.66. The van der Waals surface area contributed by atoms with Crippen LogP contribution in [0, 0.1) is 10.1 Å². The summed E-state index contributed by atoms with van der Waals surface area (Å²) in [5.41, 5.74) is -2.80. The van der Waals surface area contributed by atoms with Crippen molar-refractivity contribution < 1.29 is 48.9 Å². The molecule has 0 aromatic heterocycles. The third kappa shape index (κ3) is 4.86.